The molecule has 0 radical (unpaired) electrons. The van der Waals surface area contributed by atoms with Gasteiger partial charge in [0.2, 0.25) is 5.95 Å². The van der Waals surface area contributed by atoms with Gasteiger partial charge in [0.1, 0.15) is 36.1 Å². The van der Waals surface area contributed by atoms with Crippen molar-refractivity contribution < 1.29 is 19.1 Å². The maximum Gasteiger partial charge on any atom is 0.261 e. The van der Waals surface area contributed by atoms with E-state index in [1.807, 2.05) is 25.1 Å². The Morgan fingerprint density at radius 3 is 2.69 bits per heavy atom. The molecule has 1 aliphatic rings. The van der Waals surface area contributed by atoms with Crippen LogP contribution >= 0.6 is 11.3 Å². The van der Waals surface area contributed by atoms with Crippen LogP contribution in [0.3, 0.4) is 0 Å². The molecule has 11 heteroatoms. The summed E-state index contributed by atoms with van der Waals surface area (Å²) < 4.78 is 11.4. The number of carbonyl (C=O) groups is 1. The summed E-state index contributed by atoms with van der Waals surface area (Å²) in [5, 5.41) is 7.98. The number of likely N-dealkylation sites (N-methyl/N-ethyl adjacent to an activating group) is 1. The maximum absolute atomic E-state index is 12.5. The van der Waals surface area contributed by atoms with Gasteiger partial charge in [-0.05, 0) is 44.3 Å². The Bertz CT molecular complexity index is 1220. The van der Waals surface area contributed by atoms with Crippen LogP contribution in [0, 0.1) is 0 Å². The van der Waals surface area contributed by atoms with Crippen LogP contribution in [-0.4, -0.2) is 72.5 Å². The van der Waals surface area contributed by atoms with Gasteiger partial charge < -0.3 is 30.3 Å². The first-order valence-electron chi connectivity index (χ1n) is 11.7. The summed E-state index contributed by atoms with van der Waals surface area (Å²) in [5.74, 6) is 1.21. The van der Waals surface area contributed by atoms with E-state index in [1.54, 1.807) is 6.07 Å². The van der Waals surface area contributed by atoms with Gasteiger partial charge in [-0.3, -0.25) is 4.79 Å². The molecule has 1 aliphatic heterocycles. The number of oxime groups is 1. The van der Waals surface area contributed by atoms with E-state index < -0.39 is 0 Å². The number of benzene rings is 1. The lowest BCUT2D eigenvalue weighted by atomic mass is 10.0. The lowest BCUT2D eigenvalue weighted by molar-refractivity contribution is 0.0960. The van der Waals surface area contributed by atoms with Gasteiger partial charge in [0.15, 0.2) is 11.5 Å². The molecule has 0 aliphatic carbocycles. The van der Waals surface area contributed by atoms with Gasteiger partial charge in [-0.25, -0.2) is 9.97 Å². The van der Waals surface area contributed by atoms with Crippen LogP contribution in [0.1, 0.15) is 41.7 Å². The summed E-state index contributed by atoms with van der Waals surface area (Å²) >= 11 is 1.26. The highest BCUT2D eigenvalue weighted by Crippen LogP contribution is 2.33. The number of ether oxygens (including phenoxy) is 2. The van der Waals surface area contributed by atoms with E-state index in [0.717, 1.165) is 25.2 Å². The standard InChI is InChI=1S/C24H30N6O4S/c1-4-26-22(31)19-14-16-21(27-24(25)28-23(16)35-19)20(29-34-10-9-30(5-2)6-3)15-7-8-17-18(13-15)33-12-11-32-17/h7-8,13-14H,4-6,9-12H2,1-3H3,(H,26,31)(H2,25,27,28). The van der Waals surface area contributed by atoms with E-state index in [1.165, 1.54) is 11.3 Å². The number of nitrogens with two attached hydrogens (primary N) is 1. The number of fused-ring (bicyclic) bond motifs is 2. The van der Waals surface area contributed by atoms with Gasteiger partial charge >= 0.3 is 0 Å². The number of hydrogen-bond donors (Lipinski definition) is 2. The number of rotatable bonds is 10. The molecule has 1 aromatic carbocycles. The van der Waals surface area contributed by atoms with Crippen molar-refractivity contribution in [1.82, 2.24) is 20.2 Å². The van der Waals surface area contributed by atoms with Crippen molar-refractivity contribution >= 4 is 39.1 Å². The second-order valence-electron chi connectivity index (χ2n) is 7.78. The average Bonchev–Trinajstić information content (AvgIpc) is 3.30. The second kappa shape index (κ2) is 11.3. The van der Waals surface area contributed by atoms with Crippen molar-refractivity contribution in [1.29, 1.82) is 0 Å². The Balaban J connectivity index is 1.77. The summed E-state index contributed by atoms with van der Waals surface area (Å²) in [6.07, 6.45) is 0. The summed E-state index contributed by atoms with van der Waals surface area (Å²) in [6.45, 7) is 10.6. The van der Waals surface area contributed by atoms with Crippen LogP contribution in [0.5, 0.6) is 11.5 Å². The van der Waals surface area contributed by atoms with Gasteiger partial charge in [-0.2, -0.15) is 0 Å². The number of nitrogen functional groups attached to an aromatic ring is 1. The lowest BCUT2D eigenvalue weighted by Crippen LogP contribution is -2.26. The third-order valence-corrected chi connectivity index (χ3v) is 6.59. The van der Waals surface area contributed by atoms with E-state index in [4.69, 9.17) is 20.0 Å². The monoisotopic (exact) mass is 498 g/mol. The van der Waals surface area contributed by atoms with E-state index in [0.29, 0.717) is 64.4 Å². The van der Waals surface area contributed by atoms with Crippen LogP contribution in [0.2, 0.25) is 0 Å². The zero-order valence-corrected chi connectivity index (χ0v) is 21.0. The fourth-order valence-electron chi connectivity index (χ4n) is 3.72. The molecule has 0 saturated heterocycles. The molecular formula is C24H30N6O4S. The van der Waals surface area contributed by atoms with E-state index >= 15 is 0 Å². The van der Waals surface area contributed by atoms with Crippen molar-refractivity contribution in [3.05, 3.63) is 40.4 Å². The molecule has 186 valence electrons. The highest BCUT2D eigenvalue weighted by molar-refractivity contribution is 7.20. The highest BCUT2D eigenvalue weighted by atomic mass is 32.1. The molecular weight excluding hydrogens is 468 g/mol. The zero-order valence-electron chi connectivity index (χ0n) is 20.2. The third-order valence-electron chi connectivity index (χ3n) is 5.56. The van der Waals surface area contributed by atoms with Crippen LogP contribution in [0.15, 0.2) is 29.4 Å². The minimum absolute atomic E-state index is 0.0881. The number of hydrogen-bond acceptors (Lipinski definition) is 10. The van der Waals surface area contributed by atoms with Gasteiger partial charge in [0, 0.05) is 24.0 Å². The van der Waals surface area contributed by atoms with Gasteiger partial charge in [0.25, 0.3) is 5.91 Å². The Hall–Kier alpha value is -3.44. The Kier molecular flexibility index (Phi) is 7.98. The minimum Gasteiger partial charge on any atom is -0.486 e. The SMILES string of the molecule is CCNC(=O)c1cc2c(C(=NOCCN(CC)CC)c3ccc4c(c3)OCCO4)nc(N)nc2s1. The minimum atomic E-state index is -0.173. The first kappa shape index (κ1) is 24.7. The number of anilines is 1. The lowest BCUT2D eigenvalue weighted by Gasteiger charge is -2.19. The van der Waals surface area contributed by atoms with Crippen molar-refractivity contribution in [2.24, 2.45) is 5.16 Å². The van der Waals surface area contributed by atoms with Gasteiger partial charge in [-0.1, -0.05) is 19.0 Å². The Morgan fingerprint density at radius 1 is 1.17 bits per heavy atom. The molecule has 3 heterocycles. The quantitative estimate of drug-likeness (QED) is 0.248. The predicted molar refractivity (Wildman–Crippen MR) is 137 cm³/mol. The van der Waals surface area contributed by atoms with Crippen molar-refractivity contribution in [3.63, 3.8) is 0 Å². The molecule has 0 spiro atoms. The van der Waals surface area contributed by atoms with Gasteiger partial charge in [-0.15, -0.1) is 11.3 Å². The van der Waals surface area contributed by atoms with E-state index in [9.17, 15) is 4.79 Å². The number of carbonyl (C=O) groups excluding carboxylic acids is 1. The normalized spacial score (nSPS) is 13.3. The summed E-state index contributed by atoms with van der Waals surface area (Å²) in [7, 11) is 0. The molecule has 10 nitrogen and oxygen atoms in total. The molecule has 2 aromatic heterocycles. The molecule has 3 aromatic rings. The summed E-state index contributed by atoms with van der Waals surface area (Å²) in [6, 6.07) is 7.33. The first-order valence-corrected chi connectivity index (χ1v) is 12.5. The van der Waals surface area contributed by atoms with Crippen LogP contribution in [-0.2, 0) is 4.84 Å². The van der Waals surface area contributed by atoms with Crippen LogP contribution in [0.4, 0.5) is 5.95 Å². The number of aromatic nitrogens is 2. The molecule has 4 rings (SSSR count). The fourth-order valence-corrected chi connectivity index (χ4v) is 4.68. The second-order valence-corrected chi connectivity index (χ2v) is 8.81. The maximum atomic E-state index is 12.5. The fraction of sp³-hybridized carbons (Fsp3) is 0.417. The number of amides is 1. The van der Waals surface area contributed by atoms with Crippen LogP contribution < -0.4 is 20.5 Å². The third kappa shape index (κ3) is 5.63. The van der Waals surface area contributed by atoms with Crippen molar-refractivity contribution in [3.8, 4) is 11.5 Å². The predicted octanol–water partition coefficient (Wildman–Crippen LogP) is 2.91. The molecule has 0 bridgehead atoms. The Morgan fingerprint density at radius 2 is 1.94 bits per heavy atom. The number of thiophene rings is 1. The molecule has 0 unspecified atom stereocenters. The van der Waals surface area contributed by atoms with Crippen molar-refractivity contribution in [2.75, 3.05) is 51.7 Å². The zero-order chi connectivity index (χ0) is 24.8. The van der Waals surface area contributed by atoms with Crippen LogP contribution in [0.25, 0.3) is 10.2 Å². The van der Waals surface area contributed by atoms with Gasteiger partial charge in [0.05, 0.1) is 4.88 Å². The average molecular weight is 499 g/mol. The first-order chi connectivity index (χ1) is 17.0. The molecule has 1 amide bonds. The topological polar surface area (TPSA) is 124 Å². The number of nitrogens with zero attached hydrogens (tertiary/aromatic N) is 4. The molecule has 0 saturated carbocycles. The highest BCUT2D eigenvalue weighted by Gasteiger charge is 2.22. The van der Waals surface area contributed by atoms with E-state index in [-0.39, 0.29) is 11.9 Å². The summed E-state index contributed by atoms with van der Waals surface area (Å²) in [5.41, 5.74) is 7.75. The Labute approximate surface area is 208 Å². The van der Waals surface area contributed by atoms with Crippen molar-refractivity contribution in [2.45, 2.75) is 20.8 Å². The van der Waals surface area contributed by atoms with E-state index in [2.05, 4.69) is 39.2 Å². The molecule has 3 N–H and O–H groups in total. The smallest absolute Gasteiger partial charge is 0.261 e. The largest absolute Gasteiger partial charge is 0.486 e. The molecule has 0 fully saturated rings. The number of nitrogens with one attached hydrogen (secondary N) is 1. The molecule has 0 atom stereocenters. The summed E-state index contributed by atoms with van der Waals surface area (Å²) in [4.78, 5) is 30.5. The molecule has 35 heavy (non-hydrogen) atoms.